The smallest absolute Gasteiger partial charge is 0.130 e. The maximum Gasteiger partial charge on any atom is 0.130 e. The lowest BCUT2D eigenvalue weighted by molar-refractivity contribution is 0.885. The van der Waals surface area contributed by atoms with E-state index in [-0.39, 0.29) is 6.04 Å². The molecule has 0 aliphatic heterocycles. The van der Waals surface area contributed by atoms with E-state index in [0.717, 1.165) is 5.00 Å². The van der Waals surface area contributed by atoms with E-state index >= 15 is 0 Å². The molecule has 16 heavy (non-hydrogen) atoms. The standard InChI is InChI=1S/C12H15N3S/c1-8-4-5-11(6-9(8)2)10(3)14-12-7-13-15-16-12/h4-7,10,14H,1-3H3. The van der Waals surface area contributed by atoms with Crippen LogP contribution in [0.5, 0.6) is 0 Å². The molecule has 2 aromatic rings. The molecule has 1 unspecified atom stereocenters. The van der Waals surface area contributed by atoms with Gasteiger partial charge in [0, 0.05) is 17.6 Å². The van der Waals surface area contributed by atoms with Crippen molar-refractivity contribution in [2.75, 3.05) is 5.32 Å². The molecule has 1 N–H and O–H groups in total. The van der Waals surface area contributed by atoms with Crippen LogP contribution in [-0.2, 0) is 0 Å². The predicted octanol–water partition coefficient (Wildman–Crippen LogP) is 3.33. The van der Waals surface area contributed by atoms with Crippen LogP contribution in [0, 0.1) is 13.8 Å². The molecule has 1 aromatic carbocycles. The fraction of sp³-hybridized carbons (Fsp3) is 0.333. The van der Waals surface area contributed by atoms with E-state index in [4.69, 9.17) is 0 Å². The van der Waals surface area contributed by atoms with Gasteiger partial charge in [-0.1, -0.05) is 22.7 Å². The second-order valence-electron chi connectivity index (χ2n) is 3.99. The molecule has 0 bridgehead atoms. The third-order valence-corrected chi connectivity index (χ3v) is 3.35. The number of benzene rings is 1. The Morgan fingerprint density at radius 3 is 2.69 bits per heavy atom. The van der Waals surface area contributed by atoms with Crippen molar-refractivity contribution >= 4 is 16.5 Å². The minimum Gasteiger partial charge on any atom is -0.368 e. The molecule has 0 fully saturated rings. The summed E-state index contributed by atoms with van der Waals surface area (Å²) in [5.41, 5.74) is 3.94. The van der Waals surface area contributed by atoms with Crippen molar-refractivity contribution in [3.8, 4) is 0 Å². The zero-order chi connectivity index (χ0) is 11.5. The van der Waals surface area contributed by atoms with Crippen LogP contribution in [0.1, 0.15) is 29.7 Å². The number of hydrogen-bond donors (Lipinski definition) is 1. The Labute approximate surface area is 99.7 Å². The third-order valence-electron chi connectivity index (χ3n) is 2.75. The maximum atomic E-state index is 3.83. The van der Waals surface area contributed by atoms with Crippen molar-refractivity contribution in [1.29, 1.82) is 0 Å². The van der Waals surface area contributed by atoms with Crippen molar-refractivity contribution in [1.82, 2.24) is 9.59 Å². The van der Waals surface area contributed by atoms with Gasteiger partial charge in [-0.3, -0.25) is 0 Å². The highest BCUT2D eigenvalue weighted by atomic mass is 32.1. The maximum absolute atomic E-state index is 3.83. The second kappa shape index (κ2) is 4.61. The monoisotopic (exact) mass is 233 g/mol. The van der Waals surface area contributed by atoms with Gasteiger partial charge in [0.25, 0.3) is 0 Å². The second-order valence-corrected chi connectivity index (χ2v) is 4.78. The summed E-state index contributed by atoms with van der Waals surface area (Å²) in [5, 5.41) is 8.19. The van der Waals surface area contributed by atoms with Crippen molar-refractivity contribution in [3.05, 3.63) is 41.1 Å². The van der Waals surface area contributed by atoms with Crippen LogP contribution in [0.25, 0.3) is 0 Å². The van der Waals surface area contributed by atoms with E-state index in [1.54, 1.807) is 6.20 Å². The largest absolute Gasteiger partial charge is 0.368 e. The van der Waals surface area contributed by atoms with E-state index in [0.29, 0.717) is 0 Å². The van der Waals surface area contributed by atoms with Gasteiger partial charge in [-0.05, 0) is 37.5 Å². The SMILES string of the molecule is Cc1ccc(C(C)Nc2cnns2)cc1C. The van der Waals surface area contributed by atoms with Crippen LogP contribution in [0.2, 0.25) is 0 Å². The fourth-order valence-corrected chi connectivity index (χ4v) is 2.07. The Kier molecular flexibility index (Phi) is 3.19. The van der Waals surface area contributed by atoms with Gasteiger partial charge < -0.3 is 5.32 Å². The number of nitrogens with zero attached hydrogens (tertiary/aromatic N) is 2. The molecule has 84 valence electrons. The molecule has 0 spiro atoms. The molecule has 2 rings (SSSR count). The van der Waals surface area contributed by atoms with E-state index in [2.05, 4.69) is 53.9 Å². The number of rotatable bonds is 3. The molecule has 0 amide bonds. The normalized spacial score (nSPS) is 12.4. The summed E-state index contributed by atoms with van der Waals surface area (Å²) in [6, 6.07) is 6.82. The Balaban J connectivity index is 2.14. The zero-order valence-electron chi connectivity index (χ0n) is 9.69. The molecule has 0 aliphatic carbocycles. The van der Waals surface area contributed by atoms with E-state index < -0.39 is 0 Å². The average molecular weight is 233 g/mol. The summed E-state index contributed by atoms with van der Waals surface area (Å²) in [4.78, 5) is 0. The zero-order valence-corrected chi connectivity index (χ0v) is 10.5. The first kappa shape index (κ1) is 11.1. The van der Waals surface area contributed by atoms with Gasteiger partial charge in [0.05, 0.1) is 6.20 Å². The lowest BCUT2D eigenvalue weighted by Crippen LogP contribution is -2.05. The summed E-state index contributed by atoms with van der Waals surface area (Å²) in [5.74, 6) is 0. The van der Waals surface area contributed by atoms with E-state index in [9.17, 15) is 0 Å². The number of aromatic nitrogens is 2. The molecule has 1 heterocycles. The van der Waals surface area contributed by atoms with Crippen LogP contribution in [-0.4, -0.2) is 9.59 Å². The lowest BCUT2D eigenvalue weighted by Gasteiger charge is -2.14. The Bertz CT molecular complexity index is 465. The van der Waals surface area contributed by atoms with Crippen molar-refractivity contribution in [2.45, 2.75) is 26.8 Å². The lowest BCUT2D eigenvalue weighted by atomic mass is 10.0. The van der Waals surface area contributed by atoms with E-state index in [1.165, 1.54) is 28.2 Å². The van der Waals surface area contributed by atoms with Gasteiger partial charge in [-0.25, -0.2) is 0 Å². The highest BCUT2D eigenvalue weighted by molar-refractivity contribution is 7.09. The number of nitrogens with one attached hydrogen (secondary N) is 1. The molecule has 1 atom stereocenters. The predicted molar refractivity (Wildman–Crippen MR) is 67.9 cm³/mol. The molecular weight excluding hydrogens is 218 g/mol. The summed E-state index contributed by atoms with van der Waals surface area (Å²) >= 11 is 1.38. The van der Waals surface area contributed by atoms with Crippen LogP contribution in [0.15, 0.2) is 24.4 Å². The molecular formula is C12H15N3S. The van der Waals surface area contributed by atoms with Crippen LogP contribution in [0.3, 0.4) is 0 Å². The molecule has 0 saturated heterocycles. The Morgan fingerprint density at radius 1 is 1.25 bits per heavy atom. The first-order valence-corrected chi connectivity index (χ1v) is 6.05. The van der Waals surface area contributed by atoms with Gasteiger partial charge >= 0.3 is 0 Å². The van der Waals surface area contributed by atoms with Gasteiger partial charge in [0.2, 0.25) is 0 Å². The molecule has 4 heteroatoms. The minimum absolute atomic E-state index is 0.279. The van der Waals surface area contributed by atoms with Crippen molar-refractivity contribution in [2.24, 2.45) is 0 Å². The van der Waals surface area contributed by atoms with Gasteiger partial charge in [0.1, 0.15) is 5.00 Å². The Hall–Kier alpha value is -1.42. The van der Waals surface area contributed by atoms with Crippen molar-refractivity contribution in [3.63, 3.8) is 0 Å². The van der Waals surface area contributed by atoms with Crippen LogP contribution in [0.4, 0.5) is 5.00 Å². The topological polar surface area (TPSA) is 37.8 Å². The van der Waals surface area contributed by atoms with Gasteiger partial charge in [0.15, 0.2) is 0 Å². The highest BCUT2D eigenvalue weighted by Gasteiger charge is 2.07. The summed E-state index contributed by atoms with van der Waals surface area (Å²) in [6.07, 6.45) is 1.75. The number of aryl methyl sites for hydroxylation is 2. The third kappa shape index (κ3) is 2.39. The summed E-state index contributed by atoms with van der Waals surface area (Å²) < 4.78 is 3.83. The highest BCUT2D eigenvalue weighted by Crippen LogP contribution is 2.22. The molecule has 3 nitrogen and oxygen atoms in total. The van der Waals surface area contributed by atoms with E-state index in [1.807, 2.05) is 0 Å². The first-order valence-electron chi connectivity index (χ1n) is 5.28. The number of anilines is 1. The average Bonchev–Trinajstić information content (AvgIpc) is 2.74. The molecule has 1 aromatic heterocycles. The van der Waals surface area contributed by atoms with Crippen LogP contribution < -0.4 is 5.32 Å². The summed E-state index contributed by atoms with van der Waals surface area (Å²) in [7, 11) is 0. The number of hydrogen-bond acceptors (Lipinski definition) is 4. The fourth-order valence-electron chi connectivity index (χ4n) is 1.56. The quantitative estimate of drug-likeness (QED) is 0.883. The Morgan fingerprint density at radius 2 is 2.06 bits per heavy atom. The minimum atomic E-state index is 0.279. The summed E-state index contributed by atoms with van der Waals surface area (Å²) in [6.45, 7) is 6.41. The molecule has 0 saturated carbocycles. The van der Waals surface area contributed by atoms with Crippen molar-refractivity contribution < 1.29 is 0 Å². The molecule has 0 aliphatic rings. The molecule has 0 radical (unpaired) electrons. The van der Waals surface area contributed by atoms with Crippen LogP contribution >= 0.6 is 11.5 Å². The van der Waals surface area contributed by atoms with Gasteiger partial charge in [-0.2, -0.15) is 0 Å². The first-order chi connectivity index (χ1) is 7.66. The van der Waals surface area contributed by atoms with Gasteiger partial charge in [-0.15, -0.1) is 5.10 Å².